The monoisotopic (exact) mass is 154 g/mol. The third-order valence-corrected chi connectivity index (χ3v) is 4.16. The first-order valence-corrected chi connectivity index (χ1v) is 4.76. The van der Waals surface area contributed by atoms with Gasteiger partial charge in [0, 0.05) is 0 Å². The highest BCUT2D eigenvalue weighted by Gasteiger charge is 2.64. The molecule has 0 aliphatic heterocycles. The van der Waals surface area contributed by atoms with Gasteiger partial charge in [-0.05, 0) is 36.0 Å². The number of fused-ring (bicyclic) bond motifs is 1. The van der Waals surface area contributed by atoms with Crippen molar-refractivity contribution >= 4 is 0 Å². The number of hydrogen-bond donors (Lipinski definition) is 1. The average molecular weight is 154 g/mol. The Hall–Kier alpha value is -0.0400. The van der Waals surface area contributed by atoms with Gasteiger partial charge in [0.15, 0.2) is 0 Å². The minimum atomic E-state index is -0.00356. The van der Waals surface area contributed by atoms with Crippen LogP contribution >= 0.6 is 0 Å². The van der Waals surface area contributed by atoms with E-state index >= 15 is 0 Å². The zero-order valence-corrected chi connectivity index (χ0v) is 7.67. The van der Waals surface area contributed by atoms with Gasteiger partial charge in [-0.3, -0.25) is 0 Å². The van der Waals surface area contributed by atoms with E-state index in [4.69, 9.17) is 0 Å². The summed E-state index contributed by atoms with van der Waals surface area (Å²) in [5.74, 6) is 2.18. The molecule has 1 heteroatoms. The number of hydrogen-bond acceptors (Lipinski definition) is 1. The summed E-state index contributed by atoms with van der Waals surface area (Å²) in [6, 6.07) is 0. The first-order chi connectivity index (χ1) is 5.08. The molecule has 1 nitrogen and oxygen atoms in total. The van der Waals surface area contributed by atoms with Crippen molar-refractivity contribution in [1.29, 1.82) is 0 Å². The fourth-order valence-electron chi connectivity index (χ4n) is 3.04. The van der Waals surface area contributed by atoms with Gasteiger partial charge in [0.05, 0.1) is 6.10 Å². The fraction of sp³-hybridized carbons (Fsp3) is 1.00. The molecule has 2 rings (SSSR count). The third kappa shape index (κ3) is 0.807. The first kappa shape index (κ1) is 7.60. The summed E-state index contributed by atoms with van der Waals surface area (Å²) < 4.78 is 0. The summed E-state index contributed by atoms with van der Waals surface area (Å²) in [7, 11) is 0. The Morgan fingerprint density at radius 3 is 2.27 bits per heavy atom. The topological polar surface area (TPSA) is 20.2 Å². The van der Waals surface area contributed by atoms with E-state index in [0.29, 0.717) is 11.3 Å². The summed E-state index contributed by atoms with van der Waals surface area (Å²) in [6.45, 7) is 6.79. The average Bonchev–Trinajstić information content (AvgIpc) is 2.57. The van der Waals surface area contributed by atoms with Gasteiger partial charge in [0.2, 0.25) is 0 Å². The fourth-order valence-corrected chi connectivity index (χ4v) is 3.04. The lowest BCUT2D eigenvalue weighted by Gasteiger charge is -2.17. The van der Waals surface area contributed by atoms with Crippen LogP contribution in [0.2, 0.25) is 0 Å². The van der Waals surface area contributed by atoms with E-state index in [0.717, 1.165) is 18.3 Å². The number of aliphatic hydroxyl groups is 1. The molecule has 11 heavy (non-hydrogen) atoms. The Kier molecular flexibility index (Phi) is 1.39. The summed E-state index contributed by atoms with van der Waals surface area (Å²) in [6.07, 6.45) is 2.44. The minimum Gasteiger partial charge on any atom is -0.393 e. The highest BCUT2D eigenvalue weighted by molar-refractivity contribution is 5.13. The molecule has 4 atom stereocenters. The maximum Gasteiger partial charge on any atom is 0.0574 e. The van der Waals surface area contributed by atoms with Gasteiger partial charge in [-0.15, -0.1) is 0 Å². The highest BCUT2D eigenvalue weighted by atomic mass is 16.3. The van der Waals surface area contributed by atoms with Crippen LogP contribution in [-0.2, 0) is 0 Å². The van der Waals surface area contributed by atoms with E-state index in [1.54, 1.807) is 0 Å². The SMILES string of the molecule is CC1[C@H](O)C[C@]2(C(C)C)C[C@@H]12. The minimum absolute atomic E-state index is 0.00356. The van der Waals surface area contributed by atoms with Gasteiger partial charge < -0.3 is 5.11 Å². The first-order valence-electron chi connectivity index (χ1n) is 4.76. The van der Waals surface area contributed by atoms with Crippen LogP contribution in [0.15, 0.2) is 0 Å². The Morgan fingerprint density at radius 2 is 2.00 bits per heavy atom. The van der Waals surface area contributed by atoms with Crippen molar-refractivity contribution in [1.82, 2.24) is 0 Å². The van der Waals surface area contributed by atoms with Gasteiger partial charge in [-0.1, -0.05) is 20.8 Å². The second kappa shape index (κ2) is 2.01. The predicted octanol–water partition coefficient (Wildman–Crippen LogP) is 2.05. The van der Waals surface area contributed by atoms with Crippen LogP contribution in [0.5, 0.6) is 0 Å². The normalized spacial score (nSPS) is 54.8. The van der Waals surface area contributed by atoms with Crippen molar-refractivity contribution in [3.63, 3.8) is 0 Å². The molecule has 0 aromatic rings. The van der Waals surface area contributed by atoms with Gasteiger partial charge in [-0.25, -0.2) is 0 Å². The molecule has 0 amide bonds. The molecule has 0 aromatic carbocycles. The van der Waals surface area contributed by atoms with Crippen LogP contribution in [0, 0.1) is 23.2 Å². The van der Waals surface area contributed by atoms with Crippen LogP contribution in [0.3, 0.4) is 0 Å². The Morgan fingerprint density at radius 1 is 1.36 bits per heavy atom. The molecule has 0 saturated heterocycles. The second-order valence-corrected chi connectivity index (χ2v) is 4.83. The van der Waals surface area contributed by atoms with Crippen molar-refractivity contribution in [2.24, 2.45) is 23.2 Å². The number of rotatable bonds is 1. The molecule has 0 spiro atoms. The molecule has 1 unspecified atom stereocenters. The molecule has 1 N–H and O–H groups in total. The molecule has 0 aromatic heterocycles. The number of aliphatic hydroxyl groups excluding tert-OH is 1. The van der Waals surface area contributed by atoms with Gasteiger partial charge in [0.1, 0.15) is 0 Å². The molecule has 0 heterocycles. The molecule has 2 saturated carbocycles. The van der Waals surface area contributed by atoms with Crippen molar-refractivity contribution in [2.75, 3.05) is 0 Å². The summed E-state index contributed by atoms with van der Waals surface area (Å²) >= 11 is 0. The van der Waals surface area contributed by atoms with Crippen LogP contribution in [0.4, 0.5) is 0 Å². The van der Waals surface area contributed by atoms with Gasteiger partial charge in [0.25, 0.3) is 0 Å². The third-order valence-electron chi connectivity index (χ3n) is 4.16. The maximum atomic E-state index is 9.61. The highest BCUT2D eigenvalue weighted by Crippen LogP contribution is 2.69. The molecule has 0 bridgehead atoms. The lowest BCUT2D eigenvalue weighted by atomic mass is 9.89. The zero-order chi connectivity index (χ0) is 8.22. The van der Waals surface area contributed by atoms with Gasteiger partial charge in [-0.2, -0.15) is 0 Å². The Labute approximate surface area is 68.8 Å². The van der Waals surface area contributed by atoms with E-state index < -0.39 is 0 Å². The van der Waals surface area contributed by atoms with E-state index in [1.165, 1.54) is 6.42 Å². The van der Waals surface area contributed by atoms with Crippen molar-refractivity contribution in [2.45, 2.75) is 39.7 Å². The van der Waals surface area contributed by atoms with Crippen LogP contribution in [-0.4, -0.2) is 11.2 Å². The van der Waals surface area contributed by atoms with E-state index in [-0.39, 0.29) is 6.10 Å². The maximum absolute atomic E-state index is 9.61. The van der Waals surface area contributed by atoms with Crippen LogP contribution < -0.4 is 0 Å². The molecular weight excluding hydrogens is 136 g/mol. The smallest absolute Gasteiger partial charge is 0.0574 e. The molecule has 0 radical (unpaired) electrons. The van der Waals surface area contributed by atoms with Crippen molar-refractivity contribution in [3.05, 3.63) is 0 Å². The molecule has 64 valence electrons. The lowest BCUT2D eigenvalue weighted by Crippen LogP contribution is -2.15. The Balaban J connectivity index is 2.13. The van der Waals surface area contributed by atoms with Crippen molar-refractivity contribution < 1.29 is 5.11 Å². The van der Waals surface area contributed by atoms with Crippen LogP contribution in [0.1, 0.15) is 33.6 Å². The summed E-state index contributed by atoms with van der Waals surface area (Å²) in [5, 5.41) is 9.61. The lowest BCUT2D eigenvalue weighted by molar-refractivity contribution is 0.113. The van der Waals surface area contributed by atoms with Crippen LogP contribution in [0.25, 0.3) is 0 Å². The quantitative estimate of drug-likeness (QED) is 0.613. The molecule has 2 aliphatic carbocycles. The van der Waals surface area contributed by atoms with E-state index in [2.05, 4.69) is 20.8 Å². The van der Waals surface area contributed by atoms with E-state index in [9.17, 15) is 5.11 Å². The standard InChI is InChI=1S/C10H18O/c1-6(2)10-4-8(10)7(3)9(11)5-10/h6-9,11H,4-5H2,1-3H3/t7?,8-,9+,10-/m0/s1. The largest absolute Gasteiger partial charge is 0.393 e. The summed E-state index contributed by atoms with van der Waals surface area (Å²) in [5.41, 5.74) is 0.554. The molecular formula is C10H18O. The molecule has 2 aliphatic rings. The second-order valence-electron chi connectivity index (χ2n) is 4.83. The predicted molar refractivity (Wildman–Crippen MR) is 45.2 cm³/mol. The molecule has 2 fully saturated rings. The van der Waals surface area contributed by atoms with E-state index in [1.807, 2.05) is 0 Å². The van der Waals surface area contributed by atoms with Crippen molar-refractivity contribution in [3.8, 4) is 0 Å². The summed E-state index contributed by atoms with van der Waals surface area (Å²) in [4.78, 5) is 0. The van der Waals surface area contributed by atoms with Gasteiger partial charge >= 0.3 is 0 Å². The Bertz CT molecular complexity index is 176. The zero-order valence-electron chi connectivity index (χ0n) is 7.67.